The van der Waals surface area contributed by atoms with Crippen LogP contribution in [0.3, 0.4) is 0 Å². The predicted octanol–water partition coefficient (Wildman–Crippen LogP) is 0.770. The number of aliphatic hydroxyl groups excluding tert-OH is 1. The van der Waals surface area contributed by atoms with E-state index in [2.05, 4.69) is 26.0 Å². The number of amides is 1. The molecule has 0 aliphatic carbocycles. The summed E-state index contributed by atoms with van der Waals surface area (Å²) in [5.74, 6) is 0.113. The Hall–Kier alpha value is -2.80. The Kier molecular flexibility index (Phi) is 6.79. The number of rotatable bonds is 6. The summed E-state index contributed by atoms with van der Waals surface area (Å²) in [5, 5.41) is 23.8. The van der Waals surface area contributed by atoms with Gasteiger partial charge < -0.3 is 15.2 Å². The van der Waals surface area contributed by atoms with E-state index in [1.807, 2.05) is 0 Å². The number of fused-ring (bicyclic) bond motifs is 1. The van der Waals surface area contributed by atoms with Crippen LogP contribution in [0, 0.1) is 0 Å². The summed E-state index contributed by atoms with van der Waals surface area (Å²) in [5.41, 5.74) is -0.0964. The predicted molar refractivity (Wildman–Crippen MR) is 114 cm³/mol. The second-order valence-corrected chi connectivity index (χ2v) is 7.85. The molecule has 3 unspecified atom stereocenters. The largest absolute Gasteiger partial charge is 0.417 e. The van der Waals surface area contributed by atoms with Gasteiger partial charge in [0.05, 0.1) is 37.2 Å². The first-order valence-corrected chi connectivity index (χ1v) is 10.5. The zero-order valence-corrected chi connectivity index (χ0v) is 17.9. The number of halogens is 3. The van der Waals surface area contributed by atoms with Crippen LogP contribution in [0.2, 0.25) is 0 Å². The van der Waals surface area contributed by atoms with Gasteiger partial charge in [-0.3, -0.25) is 20.4 Å². The van der Waals surface area contributed by atoms with Crippen LogP contribution in [-0.2, 0) is 15.7 Å². The Morgan fingerprint density at radius 1 is 1.33 bits per heavy atom. The highest BCUT2D eigenvalue weighted by Gasteiger charge is 2.39. The van der Waals surface area contributed by atoms with Crippen molar-refractivity contribution in [3.8, 4) is 0 Å². The number of alkyl halides is 3. The maximum absolute atomic E-state index is 13.5. The molecule has 0 saturated carbocycles. The molecule has 12 heteroatoms. The van der Waals surface area contributed by atoms with E-state index < -0.39 is 17.8 Å². The lowest BCUT2D eigenvalue weighted by atomic mass is 9.99. The fraction of sp³-hybridized carbons (Fsp3) is 0.476. The summed E-state index contributed by atoms with van der Waals surface area (Å²) >= 11 is 0. The summed E-state index contributed by atoms with van der Waals surface area (Å²) in [7, 11) is 0. The zero-order chi connectivity index (χ0) is 23.6. The van der Waals surface area contributed by atoms with Crippen molar-refractivity contribution in [1.29, 1.82) is 0 Å². The summed E-state index contributed by atoms with van der Waals surface area (Å²) in [6.07, 6.45) is -3.27. The second kappa shape index (κ2) is 9.59. The minimum atomic E-state index is -4.54. The number of hydrazone groups is 1. The van der Waals surface area contributed by atoms with Gasteiger partial charge in [-0.2, -0.15) is 18.3 Å². The molecule has 1 saturated heterocycles. The van der Waals surface area contributed by atoms with E-state index in [1.165, 1.54) is 23.2 Å². The average molecular weight is 466 g/mol. The van der Waals surface area contributed by atoms with Crippen LogP contribution in [0.4, 0.5) is 13.2 Å². The molecule has 0 spiro atoms. The number of benzene rings is 1. The fourth-order valence-electron chi connectivity index (χ4n) is 3.96. The average Bonchev–Trinajstić information content (AvgIpc) is 3.22. The lowest BCUT2D eigenvalue weighted by Crippen LogP contribution is -2.60. The van der Waals surface area contributed by atoms with E-state index in [-0.39, 0.29) is 49.3 Å². The van der Waals surface area contributed by atoms with Gasteiger partial charge in [-0.15, -0.1) is 0 Å². The molecule has 0 aromatic heterocycles. The van der Waals surface area contributed by atoms with E-state index in [0.717, 1.165) is 6.07 Å². The standard InChI is InChI=1S/C21H25F3N6O3/c1-12-8-15(13-4-2-3-5-14(13)21(22,23)24)29-30-16(10-25-19(12)30)20(32)28-17-9-18(27-11-26-17)33-7-6-31/h2-5,8,16-18,26-27,31H,6-7,9-11H2,1H3,(H,28,32). The molecule has 1 fully saturated rings. The number of hydrogen-bond donors (Lipinski definition) is 4. The number of nitrogens with one attached hydrogen (secondary N) is 3. The molecule has 3 aliphatic heterocycles. The molecular formula is C21H25F3N6O3. The van der Waals surface area contributed by atoms with Crippen molar-refractivity contribution < 1.29 is 27.8 Å². The number of carbonyl (C=O) groups excluding carboxylic acids is 1. The molecule has 1 aromatic rings. The highest BCUT2D eigenvalue weighted by Crippen LogP contribution is 2.33. The van der Waals surface area contributed by atoms with Crippen LogP contribution in [-0.4, -0.2) is 72.4 Å². The molecule has 178 valence electrons. The van der Waals surface area contributed by atoms with Crippen LogP contribution >= 0.6 is 0 Å². The minimum Gasteiger partial charge on any atom is -0.394 e. The maximum atomic E-state index is 13.5. The summed E-state index contributed by atoms with van der Waals surface area (Å²) in [6, 6.07) is 4.44. The van der Waals surface area contributed by atoms with Crippen LogP contribution < -0.4 is 16.0 Å². The summed E-state index contributed by atoms with van der Waals surface area (Å²) in [4.78, 5) is 17.4. The first-order chi connectivity index (χ1) is 15.8. The number of nitrogens with zero attached hydrogens (tertiary/aromatic N) is 3. The third-order valence-corrected chi connectivity index (χ3v) is 5.51. The van der Waals surface area contributed by atoms with E-state index in [4.69, 9.17) is 9.84 Å². The monoisotopic (exact) mass is 466 g/mol. The van der Waals surface area contributed by atoms with Gasteiger partial charge in [0.25, 0.3) is 0 Å². The zero-order valence-electron chi connectivity index (χ0n) is 17.9. The summed E-state index contributed by atoms with van der Waals surface area (Å²) in [6.45, 7) is 2.34. The lowest BCUT2D eigenvalue weighted by Gasteiger charge is -2.33. The van der Waals surface area contributed by atoms with E-state index in [9.17, 15) is 18.0 Å². The Bertz CT molecular complexity index is 994. The van der Waals surface area contributed by atoms with E-state index in [0.29, 0.717) is 24.5 Å². The Morgan fingerprint density at radius 3 is 2.88 bits per heavy atom. The third kappa shape index (κ3) is 5.08. The maximum Gasteiger partial charge on any atom is 0.417 e. The van der Waals surface area contributed by atoms with E-state index in [1.54, 1.807) is 13.0 Å². The van der Waals surface area contributed by atoms with Crippen molar-refractivity contribution in [1.82, 2.24) is 21.0 Å². The Balaban J connectivity index is 1.51. The number of hydrogen-bond acceptors (Lipinski definition) is 8. The quantitative estimate of drug-likeness (QED) is 0.493. The topological polar surface area (TPSA) is 111 Å². The van der Waals surface area contributed by atoms with Gasteiger partial charge in [-0.25, -0.2) is 5.01 Å². The van der Waals surface area contributed by atoms with Crippen LogP contribution in [0.1, 0.15) is 24.5 Å². The number of carbonyl (C=O) groups is 1. The molecule has 1 amide bonds. The lowest BCUT2D eigenvalue weighted by molar-refractivity contribution is -0.137. The number of aliphatic hydroxyl groups is 1. The first kappa shape index (κ1) is 23.4. The highest BCUT2D eigenvalue weighted by atomic mass is 19.4. The van der Waals surface area contributed by atoms with Crippen molar-refractivity contribution in [3.63, 3.8) is 0 Å². The van der Waals surface area contributed by atoms with Crippen LogP contribution in [0.25, 0.3) is 0 Å². The van der Waals surface area contributed by atoms with Crippen molar-refractivity contribution in [2.45, 2.75) is 38.0 Å². The number of ether oxygens (including phenoxy) is 1. The van der Waals surface area contributed by atoms with Crippen molar-refractivity contribution in [2.75, 3.05) is 26.4 Å². The number of allylic oxidation sites excluding steroid dienone is 1. The molecule has 0 radical (unpaired) electrons. The van der Waals surface area contributed by atoms with Gasteiger partial charge in [0.2, 0.25) is 5.91 Å². The van der Waals surface area contributed by atoms with Gasteiger partial charge in [0, 0.05) is 18.7 Å². The molecule has 4 N–H and O–H groups in total. The normalized spacial score (nSPS) is 25.2. The van der Waals surface area contributed by atoms with E-state index >= 15 is 0 Å². The van der Waals surface area contributed by atoms with Crippen molar-refractivity contribution >= 4 is 17.5 Å². The first-order valence-electron chi connectivity index (χ1n) is 10.5. The highest BCUT2D eigenvalue weighted by molar-refractivity contribution is 6.17. The number of amidine groups is 1. The van der Waals surface area contributed by atoms with Gasteiger partial charge in [0.1, 0.15) is 12.1 Å². The molecule has 33 heavy (non-hydrogen) atoms. The van der Waals surface area contributed by atoms with Crippen molar-refractivity contribution in [2.24, 2.45) is 10.1 Å². The van der Waals surface area contributed by atoms with Gasteiger partial charge in [-0.1, -0.05) is 18.2 Å². The second-order valence-electron chi connectivity index (χ2n) is 7.85. The van der Waals surface area contributed by atoms with Crippen LogP contribution in [0.15, 0.2) is 46.0 Å². The Labute approximate surface area is 188 Å². The minimum absolute atomic E-state index is 0.0571. The van der Waals surface area contributed by atoms with Gasteiger partial charge >= 0.3 is 6.18 Å². The smallest absolute Gasteiger partial charge is 0.394 e. The summed E-state index contributed by atoms with van der Waals surface area (Å²) < 4.78 is 46.1. The number of aliphatic imine (C=N–C) groups is 1. The SMILES string of the molecule is CC1=CC(c2ccccc2C(F)(F)F)=NN2C1=NCC2C(=O)NC1CC(OCCO)NCN1. The molecular weight excluding hydrogens is 441 g/mol. The molecule has 0 bridgehead atoms. The molecule has 3 aliphatic rings. The Morgan fingerprint density at radius 2 is 2.12 bits per heavy atom. The van der Waals surface area contributed by atoms with Crippen molar-refractivity contribution in [3.05, 3.63) is 47.0 Å². The third-order valence-electron chi connectivity index (χ3n) is 5.51. The molecule has 4 rings (SSSR count). The van der Waals surface area contributed by atoms with Crippen LogP contribution in [0.5, 0.6) is 0 Å². The van der Waals surface area contributed by atoms with Gasteiger partial charge in [0.15, 0.2) is 6.04 Å². The molecule has 9 nitrogen and oxygen atoms in total. The fourth-order valence-corrected chi connectivity index (χ4v) is 3.96. The van der Waals surface area contributed by atoms with Gasteiger partial charge in [-0.05, 0) is 24.6 Å². The molecule has 3 heterocycles. The molecule has 1 aromatic carbocycles. The molecule has 3 atom stereocenters.